The first kappa shape index (κ1) is 18.7. The molecule has 0 bridgehead atoms. The maximum atomic E-state index is 12.8. The molecule has 0 unspecified atom stereocenters. The van der Waals surface area contributed by atoms with Crippen molar-refractivity contribution in [2.45, 2.75) is 50.5 Å². The predicted molar refractivity (Wildman–Crippen MR) is 103 cm³/mol. The van der Waals surface area contributed by atoms with Crippen molar-refractivity contribution in [2.24, 2.45) is 11.8 Å². The van der Waals surface area contributed by atoms with Crippen molar-refractivity contribution in [3.63, 3.8) is 0 Å². The molecule has 2 heterocycles. The maximum Gasteiger partial charge on any atom is 0.317 e. The molecule has 2 amide bonds. The number of nitrogens with zero attached hydrogens (tertiary/aromatic N) is 2. The molecule has 27 heavy (non-hydrogen) atoms. The molecule has 4 rings (SSSR count). The van der Waals surface area contributed by atoms with Crippen LogP contribution in [-0.2, 0) is 6.54 Å². The number of fused-ring (bicyclic) bond motifs is 1. The van der Waals surface area contributed by atoms with E-state index in [4.69, 9.17) is 0 Å². The number of rotatable bonds is 3. The van der Waals surface area contributed by atoms with Crippen LogP contribution in [0.4, 0.5) is 4.79 Å². The molecule has 1 aromatic carbocycles. The standard InChI is InChI=1S/C21H31N3O3/c25-19-9-16-12-24(13-17(16)10-20(19)26)21(27)22-18-7-4-8-23(14-18)11-15-5-2-1-3-6-15/h1-3,5-6,16-20,25-26H,4,7-14H2,(H,22,27)/t16-,17+,18-,19+,20-/m0/s1. The van der Waals surface area contributed by atoms with Gasteiger partial charge >= 0.3 is 6.03 Å². The zero-order valence-corrected chi connectivity index (χ0v) is 15.8. The third-order valence-corrected chi connectivity index (χ3v) is 6.48. The molecule has 5 atom stereocenters. The number of hydrogen-bond acceptors (Lipinski definition) is 4. The van der Waals surface area contributed by atoms with Crippen molar-refractivity contribution >= 4 is 6.03 Å². The van der Waals surface area contributed by atoms with Gasteiger partial charge in [0.1, 0.15) is 0 Å². The van der Waals surface area contributed by atoms with E-state index in [1.54, 1.807) is 0 Å². The number of piperidine rings is 1. The molecule has 6 heteroatoms. The molecule has 0 aromatic heterocycles. The minimum atomic E-state index is -0.640. The Morgan fingerprint density at radius 3 is 2.37 bits per heavy atom. The summed E-state index contributed by atoms with van der Waals surface area (Å²) in [5.41, 5.74) is 1.31. The molecular weight excluding hydrogens is 342 g/mol. The van der Waals surface area contributed by atoms with Gasteiger partial charge in [-0.2, -0.15) is 0 Å². The second-order valence-electron chi connectivity index (χ2n) is 8.54. The summed E-state index contributed by atoms with van der Waals surface area (Å²) in [6.45, 7) is 4.28. The maximum absolute atomic E-state index is 12.8. The van der Waals surface area contributed by atoms with Crippen molar-refractivity contribution in [1.82, 2.24) is 15.1 Å². The Hall–Kier alpha value is -1.63. The third-order valence-electron chi connectivity index (χ3n) is 6.48. The van der Waals surface area contributed by atoms with Crippen molar-refractivity contribution in [3.8, 4) is 0 Å². The number of benzene rings is 1. The summed E-state index contributed by atoms with van der Waals surface area (Å²) >= 11 is 0. The van der Waals surface area contributed by atoms with Crippen LogP contribution in [0.1, 0.15) is 31.2 Å². The second-order valence-corrected chi connectivity index (χ2v) is 8.54. The molecule has 0 spiro atoms. The molecule has 3 aliphatic rings. The van der Waals surface area contributed by atoms with E-state index in [2.05, 4.69) is 34.5 Å². The van der Waals surface area contributed by atoms with E-state index in [1.807, 2.05) is 11.0 Å². The second kappa shape index (κ2) is 8.17. The molecule has 3 N–H and O–H groups in total. The average molecular weight is 373 g/mol. The molecule has 2 aliphatic heterocycles. The fraction of sp³-hybridized carbons (Fsp3) is 0.667. The number of hydrogen-bond donors (Lipinski definition) is 3. The van der Waals surface area contributed by atoms with E-state index in [-0.39, 0.29) is 12.1 Å². The Bertz CT molecular complexity index is 623. The largest absolute Gasteiger partial charge is 0.390 e. The smallest absolute Gasteiger partial charge is 0.317 e. The topological polar surface area (TPSA) is 76.0 Å². The molecule has 0 radical (unpaired) electrons. The molecule has 148 valence electrons. The van der Waals surface area contributed by atoms with Crippen molar-refractivity contribution in [1.29, 1.82) is 0 Å². The van der Waals surface area contributed by atoms with Crippen molar-refractivity contribution in [3.05, 3.63) is 35.9 Å². The Kier molecular flexibility index (Phi) is 5.66. The summed E-state index contributed by atoms with van der Waals surface area (Å²) in [4.78, 5) is 17.1. The molecular formula is C21H31N3O3. The fourth-order valence-corrected chi connectivity index (χ4v) is 5.00. The lowest BCUT2D eigenvalue weighted by molar-refractivity contribution is -0.0372. The van der Waals surface area contributed by atoms with Gasteiger partial charge in [-0.15, -0.1) is 0 Å². The lowest BCUT2D eigenvalue weighted by Gasteiger charge is -2.34. The molecule has 2 saturated heterocycles. The minimum Gasteiger partial charge on any atom is -0.390 e. The lowest BCUT2D eigenvalue weighted by Crippen LogP contribution is -2.51. The van der Waals surface area contributed by atoms with Gasteiger partial charge in [0.15, 0.2) is 0 Å². The first-order chi connectivity index (χ1) is 13.1. The number of aliphatic hydroxyl groups excluding tert-OH is 2. The number of carbonyl (C=O) groups excluding carboxylic acids is 1. The van der Waals surface area contributed by atoms with Gasteiger partial charge < -0.3 is 20.4 Å². The predicted octanol–water partition coefficient (Wildman–Crippen LogP) is 1.42. The minimum absolute atomic E-state index is 0.0138. The Morgan fingerprint density at radius 2 is 1.70 bits per heavy atom. The van der Waals surface area contributed by atoms with Crippen LogP contribution < -0.4 is 5.32 Å². The highest BCUT2D eigenvalue weighted by Gasteiger charge is 2.42. The van der Waals surface area contributed by atoms with Gasteiger partial charge in [0.25, 0.3) is 0 Å². The Morgan fingerprint density at radius 1 is 1.04 bits per heavy atom. The first-order valence-corrected chi connectivity index (χ1v) is 10.3. The summed E-state index contributed by atoms with van der Waals surface area (Å²) in [5.74, 6) is 0.630. The molecule has 6 nitrogen and oxygen atoms in total. The van der Waals surface area contributed by atoms with Crippen molar-refractivity contribution < 1.29 is 15.0 Å². The fourth-order valence-electron chi connectivity index (χ4n) is 5.00. The summed E-state index contributed by atoms with van der Waals surface area (Å²) in [5, 5.41) is 23.0. The Balaban J connectivity index is 1.28. The highest BCUT2D eigenvalue weighted by molar-refractivity contribution is 5.75. The first-order valence-electron chi connectivity index (χ1n) is 10.3. The number of amides is 2. The number of aliphatic hydroxyl groups is 2. The van der Waals surface area contributed by atoms with Gasteiger partial charge in [0.2, 0.25) is 0 Å². The number of urea groups is 1. The van der Waals surface area contributed by atoms with Gasteiger partial charge in [-0.25, -0.2) is 4.79 Å². The highest BCUT2D eigenvalue weighted by Crippen LogP contribution is 2.36. The van der Waals surface area contributed by atoms with E-state index in [0.29, 0.717) is 37.8 Å². The van der Waals surface area contributed by atoms with Gasteiger partial charge in [0.05, 0.1) is 12.2 Å². The van der Waals surface area contributed by atoms with Gasteiger partial charge in [-0.1, -0.05) is 30.3 Å². The zero-order valence-electron chi connectivity index (χ0n) is 15.8. The van der Waals surface area contributed by atoms with Crippen LogP contribution in [0.5, 0.6) is 0 Å². The third kappa shape index (κ3) is 4.45. The quantitative estimate of drug-likeness (QED) is 0.749. The summed E-state index contributed by atoms with van der Waals surface area (Å²) < 4.78 is 0. The lowest BCUT2D eigenvalue weighted by atomic mass is 9.79. The zero-order chi connectivity index (χ0) is 18.8. The SMILES string of the molecule is O=C(N[C@H]1CCCN(Cc2ccccc2)C1)N1C[C@H]2C[C@H](O)[C@H](O)C[C@H]2C1. The van der Waals surface area contributed by atoms with E-state index >= 15 is 0 Å². The van der Waals surface area contributed by atoms with Crippen LogP contribution in [0.3, 0.4) is 0 Å². The summed E-state index contributed by atoms with van der Waals surface area (Å²) in [7, 11) is 0. The summed E-state index contributed by atoms with van der Waals surface area (Å²) in [6.07, 6.45) is 2.04. The van der Waals surface area contributed by atoms with Crippen LogP contribution >= 0.6 is 0 Å². The molecule has 1 aliphatic carbocycles. The normalized spacial score (nSPS) is 34.3. The highest BCUT2D eigenvalue weighted by atomic mass is 16.3. The van der Waals surface area contributed by atoms with Gasteiger partial charge in [-0.05, 0) is 49.6 Å². The van der Waals surface area contributed by atoms with Crippen LogP contribution in [0.25, 0.3) is 0 Å². The Labute approximate surface area is 161 Å². The summed E-state index contributed by atoms with van der Waals surface area (Å²) in [6, 6.07) is 10.7. The van der Waals surface area contributed by atoms with Crippen LogP contribution in [0, 0.1) is 11.8 Å². The van der Waals surface area contributed by atoms with Crippen LogP contribution in [0.2, 0.25) is 0 Å². The van der Waals surface area contributed by atoms with E-state index < -0.39 is 12.2 Å². The van der Waals surface area contributed by atoms with Crippen LogP contribution in [-0.4, -0.2) is 70.5 Å². The molecule has 1 aromatic rings. The number of carbonyl (C=O) groups is 1. The number of likely N-dealkylation sites (tertiary alicyclic amines) is 2. The van der Waals surface area contributed by atoms with Gasteiger partial charge in [0, 0.05) is 32.2 Å². The van der Waals surface area contributed by atoms with Gasteiger partial charge in [-0.3, -0.25) is 4.90 Å². The average Bonchev–Trinajstić information content (AvgIpc) is 3.06. The van der Waals surface area contributed by atoms with Crippen molar-refractivity contribution in [2.75, 3.05) is 26.2 Å². The van der Waals surface area contributed by atoms with E-state index in [0.717, 1.165) is 32.5 Å². The molecule has 1 saturated carbocycles. The monoisotopic (exact) mass is 373 g/mol. The van der Waals surface area contributed by atoms with E-state index in [9.17, 15) is 15.0 Å². The van der Waals surface area contributed by atoms with Crippen LogP contribution in [0.15, 0.2) is 30.3 Å². The molecule has 3 fully saturated rings. The van der Waals surface area contributed by atoms with E-state index in [1.165, 1.54) is 5.56 Å². The number of nitrogens with one attached hydrogen (secondary N) is 1.